The van der Waals surface area contributed by atoms with E-state index < -0.39 is 10.0 Å². The topological polar surface area (TPSA) is 92.1 Å². The molecule has 6 nitrogen and oxygen atoms in total. The van der Waals surface area contributed by atoms with Gasteiger partial charge in [-0.1, -0.05) is 0 Å². The maximum absolute atomic E-state index is 12.5. The first kappa shape index (κ1) is 15.4. The number of aryl methyl sites for hydroxylation is 2. The quantitative estimate of drug-likeness (QED) is 0.852. The number of hydrogen-bond donors (Lipinski definition) is 2. The lowest BCUT2D eigenvalue weighted by molar-refractivity contribution is 0.392. The molecule has 0 aliphatic carbocycles. The summed E-state index contributed by atoms with van der Waals surface area (Å²) in [5.74, 6) is 0. The van der Waals surface area contributed by atoms with E-state index in [4.69, 9.17) is 5.73 Å². The minimum atomic E-state index is -3.46. The highest BCUT2D eigenvalue weighted by molar-refractivity contribution is 7.89. The van der Waals surface area contributed by atoms with Crippen LogP contribution >= 0.6 is 12.4 Å². The zero-order chi connectivity index (χ0) is 12.6. The van der Waals surface area contributed by atoms with Crippen molar-refractivity contribution >= 4 is 22.4 Å². The summed E-state index contributed by atoms with van der Waals surface area (Å²) in [4.78, 5) is 0.304. The molecule has 0 spiro atoms. The van der Waals surface area contributed by atoms with Gasteiger partial charge in [0.05, 0.1) is 11.4 Å². The SMILES string of the molecule is Cc1n[nH]c(C)c1S(=O)(=O)N1CCCC1CN.Cl. The third kappa shape index (κ3) is 2.40. The predicted molar refractivity (Wildman–Crippen MR) is 71.3 cm³/mol. The molecule has 1 atom stereocenters. The van der Waals surface area contributed by atoms with Crippen molar-refractivity contribution in [1.82, 2.24) is 14.5 Å². The summed E-state index contributed by atoms with van der Waals surface area (Å²) in [6.07, 6.45) is 1.71. The second-order valence-electron chi connectivity index (χ2n) is 4.41. The van der Waals surface area contributed by atoms with Crippen LogP contribution in [0.4, 0.5) is 0 Å². The predicted octanol–water partition coefficient (Wildman–Crippen LogP) is 0.560. The minimum absolute atomic E-state index is 0. The van der Waals surface area contributed by atoms with Gasteiger partial charge in [-0.2, -0.15) is 9.40 Å². The molecule has 18 heavy (non-hydrogen) atoms. The Morgan fingerprint density at radius 3 is 2.67 bits per heavy atom. The van der Waals surface area contributed by atoms with Crippen LogP contribution in [0.3, 0.4) is 0 Å². The Hall–Kier alpha value is -0.630. The van der Waals surface area contributed by atoms with Gasteiger partial charge in [0.2, 0.25) is 10.0 Å². The summed E-state index contributed by atoms with van der Waals surface area (Å²) in [5, 5.41) is 6.65. The molecule has 0 radical (unpaired) electrons. The Morgan fingerprint density at radius 2 is 2.17 bits per heavy atom. The van der Waals surface area contributed by atoms with Gasteiger partial charge in [-0.25, -0.2) is 8.42 Å². The molecule has 1 aromatic heterocycles. The van der Waals surface area contributed by atoms with E-state index in [2.05, 4.69) is 10.2 Å². The van der Waals surface area contributed by atoms with Crippen LogP contribution in [0.5, 0.6) is 0 Å². The molecule has 8 heteroatoms. The summed E-state index contributed by atoms with van der Waals surface area (Å²) in [7, 11) is -3.46. The van der Waals surface area contributed by atoms with Gasteiger partial charge in [0.1, 0.15) is 4.90 Å². The van der Waals surface area contributed by atoms with E-state index in [1.807, 2.05) is 0 Å². The van der Waals surface area contributed by atoms with Gasteiger partial charge >= 0.3 is 0 Å². The van der Waals surface area contributed by atoms with Crippen molar-refractivity contribution in [3.05, 3.63) is 11.4 Å². The van der Waals surface area contributed by atoms with E-state index >= 15 is 0 Å². The fourth-order valence-electron chi connectivity index (χ4n) is 2.40. The third-order valence-corrected chi connectivity index (χ3v) is 5.44. The van der Waals surface area contributed by atoms with Crippen molar-refractivity contribution in [3.63, 3.8) is 0 Å². The number of hydrogen-bond acceptors (Lipinski definition) is 4. The van der Waals surface area contributed by atoms with Crippen LogP contribution in [0.25, 0.3) is 0 Å². The van der Waals surface area contributed by atoms with Crippen LogP contribution in [0.15, 0.2) is 4.90 Å². The molecule has 2 heterocycles. The molecule has 0 aromatic carbocycles. The van der Waals surface area contributed by atoms with E-state index in [0.717, 1.165) is 12.8 Å². The first-order chi connectivity index (χ1) is 7.98. The zero-order valence-electron chi connectivity index (χ0n) is 10.5. The average Bonchev–Trinajstić information content (AvgIpc) is 2.85. The third-order valence-electron chi connectivity index (χ3n) is 3.22. The Morgan fingerprint density at radius 1 is 1.50 bits per heavy atom. The van der Waals surface area contributed by atoms with Crippen molar-refractivity contribution in [1.29, 1.82) is 0 Å². The van der Waals surface area contributed by atoms with Gasteiger partial charge in [-0.3, -0.25) is 5.10 Å². The summed E-state index contributed by atoms with van der Waals surface area (Å²) in [5.41, 5.74) is 6.73. The smallest absolute Gasteiger partial charge is 0.247 e. The number of rotatable bonds is 3. The highest BCUT2D eigenvalue weighted by Gasteiger charge is 2.36. The summed E-state index contributed by atoms with van der Waals surface area (Å²) in [6, 6.07) is -0.0753. The van der Waals surface area contributed by atoms with Crippen molar-refractivity contribution in [3.8, 4) is 0 Å². The van der Waals surface area contributed by atoms with Crippen molar-refractivity contribution in [2.24, 2.45) is 5.73 Å². The number of nitrogens with zero attached hydrogens (tertiary/aromatic N) is 2. The number of sulfonamides is 1. The fraction of sp³-hybridized carbons (Fsp3) is 0.700. The van der Waals surface area contributed by atoms with E-state index in [0.29, 0.717) is 29.4 Å². The molecule has 1 aliphatic heterocycles. The Balaban J connectivity index is 0.00000162. The second kappa shape index (κ2) is 5.56. The van der Waals surface area contributed by atoms with Crippen LogP contribution < -0.4 is 5.73 Å². The molecule has 0 saturated carbocycles. The van der Waals surface area contributed by atoms with E-state index in [1.165, 1.54) is 4.31 Å². The van der Waals surface area contributed by atoms with Crippen LogP contribution in [0.2, 0.25) is 0 Å². The lowest BCUT2D eigenvalue weighted by atomic mass is 10.2. The van der Waals surface area contributed by atoms with Gasteiger partial charge in [-0.05, 0) is 26.7 Å². The average molecular weight is 295 g/mol. The van der Waals surface area contributed by atoms with Crippen LogP contribution in [0, 0.1) is 13.8 Å². The summed E-state index contributed by atoms with van der Waals surface area (Å²) in [6.45, 7) is 4.34. The van der Waals surface area contributed by atoms with Crippen molar-refractivity contribution in [2.45, 2.75) is 37.6 Å². The second-order valence-corrected chi connectivity index (χ2v) is 6.24. The minimum Gasteiger partial charge on any atom is -0.329 e. The highest BCUT2D eigenvalue weighted by atomic mass is 35.5. The molecule has 1 fully saturated rings. The summed E-state index contributed by atoms with van der Waals surface area (Å²) >= 11 is 0. The standard InChI is InChI=1S/C10H18N4O2S.ClH/c1-7-10(8(2)13-12-7)17(15,16)14-5-3-4-9(14)6-11;/h9H,3-6,11H2,1-2H3,(H,12,13);1H. The van der Waals surface area contributed by atoms with Gasteiger partial charge in [0.15, 0.2) is 0 Å². The van der Waals surface area contributed by atoms with E-state index in [-0.39, 0.29) is 18.4 Å². The van der Waals surface area contributed by atoms with E-state index in [9.17, 15) is 8.42 Å². The zero-order valence-corrected chi connectivity index (χ0v) is 12.1. The fourth-order valence-corrected chi connectivity index (χ4v) is 4.44. The van der Waals surface area contributed by atoms with Crippen LogP contribution in [-0.2, 0) is 10.0 Å². The highest BCUT2D eigenvalue weighted by Crippen LogP contribution is 2.28. The van der Waals surface area contributed by atoms with Gasteiger partial charge < -0.3 is 5.73 Å². The van der Waals surface area contributed by atoms with Gasteiger partial charge in [-0.15, -0.1) is 12.4 Å². The molecule has 1 aromatic rings. The van der Waals surface area contributed by atoms with Crippen molar-refractivity contribution < 1.29 is 8.42 Å². The first-order valence-corrected chi connectivity index (χ1v) is 7.16. The van der Waals surface area contributed by atoms with Crippen LogP contribution in [-0.4, -0.2) is 42.1 Å². The Bertz CT molecular complexity index is 494. The molecule has 104 valence electrons. The molecule has 0 bridgehead atoms. The molecule has 2 rings (SSSR count). The molecule has 1 aliphatic rings. The Kier molecular flexibility index (Phi) is 4.77. The molecule has 1 saturated heterocycles. The molecule has 1 unspecified atom stereocenters. The Labute approximate surface area is 113 Å². The maximum Gasteiger partial charge on any atom is 0.247 e. The van der Waals surface area contributed by atoms with Gasteiger partial charge in [0, 0.05) is 19.1 Å². The largest absolute Gasteiger partial charge is 0.329 e. The van der Waals surface area contributed by atoms with Crippen molar-refractivity contribution in [2.75, 3.05) is 13.1 Å². The molecule has 0 amide bonds. The number of aromatic amines is 1. The van der Waals surface area contributed by atoms with Crippen LogP contribution in [0.1, 0.15) is 24.2 Å². The number of nitrogens with one attached hydrogen (secondary N) is 1. The monoisotopic (exact) mass is 294 g/mol. The first-order valence-electron chi connectivity index (χ1n) is 5.72. The number of aromatic nitrogens is 2. The lowest BCUT2D eigenvalue weighted by Crippen LogP contribution is -2.40. The lowest BCUT2D eigenvalue weighted by Gasteiger charge is -2.22. The normalized spacial score (nSPS) is 20.9. The molecular weight excluding hydrogens is 276 g/mol. The van der Waals surface area contributed by atoms with E-state index in [1.54, 1.807) is 13.8 Å². The summed E-state index contributed by atoms with van der Waals surface area (Å²) < 4.78 is 26.5. The number of nitrogens with two attached hydrogens (primary N) is 1. The maximum atomic E-state index is 12.5. The van der Waals surface area contributed by atoms with Gasteiger partial charge in [0.25, 0.3) is 0 Å². The number of H-pyrrole nitrogens is 1. The number of halogens is 1. The molecule has 3 N–H and O–H groups in total. The molecular formula is C10H19ClN4O2S.